The lowest BCUT2D eigenvalue weighted by molar-refractivity contribution is 0.779. The predicted molar refractivity (Wildman–Crippen MR) is 119 cm³/mol. The highest BCUT2D eigenvalue weighted by atomic mass is 16.1. The van der Waals surface area contributed by atoms with Crippen molar-refractivity contribution in [2.24, 2.45) is 0 Å². The first kappa shape index (κ1) is 18.1. The summed E-state index contributed by atoms with van der Waals surface area (Å²) in [7, 11) is 0. The molecule has 0 radical (unpaired) electrons. The van der Waals surface area contributed by atoms with Crippen molar-refractivity contribution in [2.45, 2.75) is 20.4 Å². The first-order valence-corrected chi connectivity index (χ1v) is 9.78. The van der Waals surface area contributed by atoms with Crippen molar-refractivity contribution < 1.29 is 0 Å². The van der Waals surface area contributed by atoms with E-state index in [0.29, 0.717) is 0 Å². The molecule has 0 saturated heterocycles. The average Bonchev–Trinajstić information content (AvgIpc) is 2.74. The zero-order valence-corrected chi connectivity index (χ0v) is 16.3. The van der Waals surface area contributed by atoms with Crippen molar-refractivity contribution in [3.8, 4) is 0 Å². The fourth-order valence-electron chi connectivity index (χ4n) is 3.86. The van der Waals surface area contributed by atoms with E-state index < -0.39 is 0 Å². The van der Waals surface area contributed by atoms with Crippen molar-refractivity contribution in [3.63, 3.8) is 0 Å². The minimum absolute atomic E-state index is 0.0641. The summed E-state index contributed by atoms with van der Waals surface area (Å²) >= 11 is 0. The summed E-state index contributed by atoms with van der Waals surface area (Å²) in [5, 5.41) is 0.767. The first-order chi connectivity index (χ1) is 13.7. The van der Waals surface area contributed by atoms with Gasteiger partial charge in [-0.25, -0.2) is 0 Å². The maximum Gasteiger partial charge on any atom is 0.190 e. The highest BCUT2D eigenvalue weighted by Gasteiger charge is 2.14. The monoisotopic (exact) mass is 368 g/mol. The second-order valence-electron chi connectivity index (χ2n) is 6.78. The number of pyridine rings is 1. The van der Waals surface area contributed by atoms with E-state index in [2.05, 4.69) is 65.8 Å². The van der Waals surface area contributed by atoms with Crippen LogP contribution >= 0.6 is 0 Å². The molecule has 0 unspecified atom stereocenters. The Balaban J connectivity index is 1.72. The molecule has 3 aromatic rings. The van der Waals surface area contributed by atoms with E-state index in [-0.39, 0.29) is 5.43 Å². The predicted octanol–water partition coefficient (Wildman–Crippen LogP) is 5.47. The number of rotatable bonds is 4. The molecule has 0 saturated carbocycles. The lowest BCUT2D eigenvalue weighted by Crippen LogP contribution is -2.23. The van der Waals surface area contributed by atoms with Gasteiger partial charge in [-0.3, -0.25) is 4.79 Å². The molecule has 1 aromatic heterocycles. The Hall–Kier alpha value is -3.33. The molecule has 0 aliphatic carbocycles. The number of benzene rings is 2. The molecule has 1 aliphatic rings. The van der Waals surface area contributed by atoms with Crippen molar-refractivity contribution in [3.05, 3.63) is 100 Å². The Labute approximate surface area is 165 Å². The molecule has 2 aromatic carbocycles. The van der Waals surface area contributed by atoms with Gasteiger partial charge < -0.3 is 9.47 Å². The summed E-state index contributed by atoms with van der Waals surface area (Å²) in [4.78, 5) is 14.8. The maximum absolute atomic E-state index is 12.5. The first-order valence-electron chi connectivity index (χ1n) is 9.78. The van der Waals surface area contributed by atoms with Crippen molar-refractivity contribution >= 4 is 28.7 Å². The second kappa shape index (κ2) is 7.73. The number of hydrogen-bond donors (Lipinski definition) is 0. The van der Waals surface area contributed by atoms with E-state index in [9.17, 15) is 4.79 Å². The van der Waals surface area contributed by atoms with E-state index in [0.717, 1.165) is 35.4 Å². The molecule has 4 rings (SSSR count). The van der Waals surface area contributed by atoms with Crippen LogP contribution in [0.25, 0.3) is 23.1 Å². The van der Waals surface area contributed by atoms with Crippen LogP contribution in [0.15, 0.2) is 83.3 Å². The van der Waals surface area contributed by atoms with Crippen LogP contribution in [-0.2, 0) is 6.54 Å². The number of anilines is 1. The summed E-state index contributed by atoms with van der Waals surface area (Å²) in [5.74, 6) is 0. The van der Waals surface area contributed by atoms with Crippen molar-refractivity contribution in [1.82, 2.24) is 4.57 Å². The van der Waals surface area contributed by atoms with Gasteiger partial charge in [-0.1, -0.05) is 42.5 Å². The van der Waals surface area contributed by atoms with Crippen LogP contribution in [-0.4, -0.2) is 11.1 Å². The lowest BCUT2D eigenvalue weighted by Gasteiger charge is -2.29. The second-order valence-corrected chi connectivity index (χ2v) is 6.78. The number of likely N-dealkylation sites (N-methyl/N-ethyl adjacent to an activating group) is 1. The van der Waals surface area contributed by atoms with Gasteiger partial charge in [0.2, 0.25) is 0 Å². The molecular weight excluding hydrogens is 344 g/mol. The molecule has 0 spiro atoms. The molecule has 0 amide bonds. The Kier molecular flexibility index (Phi) is 4.98. The minimum Gasteiger partial charge on any atom is -0.341 e. The summed E-state index contributed by atoms with van der Waals surface area (Å²) in [6, 6.07) is 17.9. The number of para-hydroxylation sites is 2. The van der Waals surface area contributed by atoms with Crippen LogP contribution in [0, 0.1) is 0 Å². The van der Waals surface area contributed by atoms with Crippen molar-refractivity contribution in [1.29, 1.82) is 0 Å². The van der Waals surface area contributed by atoms with Crippen LogP contribution < -0.4 is 10.3 Å². The highest BCUT2D eigenvalue weighted by molar-refractivity contribution is 5.81. The SMILES string of the molecule is CCN1/C(=C/C=C/c2cc(=O)c3ccccc3n2CC)C=Cc2ccccc21. The van der Waals surface area contributed by atoms with Gasteiger partial charge in [0.15, 0.2) is 5.43 Å². The topological polar surface area (TPSA) is 25.2 Å². The van der Waals surface area contributed by atoms with Gasteiger partial charge in [-0.2, -0.15) is 0 Å². The van der Waals surface area contributed by atoms with Gasteiger partial charge in [0.05, 0.1) is 5.52 Å². The van der Waals surface area contributed by atoms with E-state index in [1.54, 1.807) is 6.07 Å². The average molecular weight is 368 g/mol. The van der Waals surface area contributed by atoms with Gasteiger partial charge in [0.1, 0.15) is 0 Å². The number of fused-ring (bicyclic) bond motifs is 2. The number of hydrogen-bond acceptors (Lipinski definition) is 2. The molecular formula is C25H24N2O. The molecule has 3 nitrogen and oxygen atoms in total. The Morgan fingerprint density at radius 1 is 0.929 bits per heavy atom. The zero-order chi connectivity index (χ0) is 19.5. The van der Waals surface area contributed by atoms with E-state index in [4.69, 9.17) is 0 Å². The fraction of sp³-hybridized carbons (Fsp3) is 0.160. The van der Waals surface area contributed by atoms with Crippen LogP contribution in [0.2, 0.25) is 0 Å². The quantitative estimate of drug-likeness (QED) is 0.610. The minimum atomic E-state index is 0.0641. The largest absolute Gasteiger partial charge is 0.341 e. The molecule has 0 N–H and O–H groups in total. The van der Waals surface area contributed by atoms with Crippen LogP contribution in [0.5, 0.6) is 0 Å². The lowest BCUT2D eigenvalue weighted by atomic mass is 10.1. The zero-order valence-electron chi connectivity index (χ0n) is 16.3. The van der Waals surface area contributed by atoms with Crippen molar-refractivity contribution in [2.75, 3.05) is 11.4 Å². The van der Waals surface area contributed by atoms with Gasteiger partial charge in [0.25, 0.3) is 0 Å². The molecule has 0 fully saturated rings. The Bertz CT molecular complexity index is 1160. The molecule has 28 heavy (non-hydrogen) atoms. The normalized spacial score (nSPS) is 14.9. The molecule has 3 heteroatoms. The van der Waals surface area contributed by atoms with Gasteiger partial charge in [-0.15, -0.1) is 0 Å². The third-order valence-corrected chi connectivity index (χ3v) is 5.19. The van der Waals surface area contributed by atoms with E-state index in [1.807, 2.05) is 36.4 Å². The summed E-state index contributed by atoms with van der Waals surface area (Å²) in [6.07, 6.45) is 10.5. The molecule has 1 aliphatic heterocycles. The summed E-state index contributed by atoms with van der Waals surface area (Å²) < 4.78 is 2.18. The third-order valence-electron chi connectivity index (χ3n) is 5.19. The number of allylic oxidation sites excluding steroid dienone is 3. The standard InChI is InChI=1S/C25H24N2O/c1-3-26-20(17-16-19-10-5-7-14-23(19)26)11-9-12-21-18-25(28)22-13-6-8-15-24(22)27(21)4-2/h5-18H,3-4H2,1-2H3/b12-9+,20-11+. The number of aryl methyl sites for hydroxylation is 1. The summed E-state index contributed by atoms with van der Waals surface area (Å²) in [6.45, 7) is 5.97. The fourth-order valence-corrected chi connectivity index (χ4v) is 3.86. The van der Waals surface area contributed by atoms with E-state index in [1.165, 1.54) is 11.3 Å². The molecule has 0 atom stereocenters. The van der Waals surface area contributed by atoms with E-state index >= 15 is 0 Å². The molecule has 0 bridgehead atoms. The van der Waals surface area contributed by atoms with Crippen LogP contribution in [0.1, 0.15) is 25.1 Å². The Morgan fingerprint density at radius 2 is 1.71 bits per heavy atom. The van der Waals surface area contributed by atoms with Gasteiger partial charge in [-0.05, 0) is 55.8 Å². The molecule has 140 valence electrons. The Morgan fingerprint density at radius 3 is 2.54 bits per heavy atom. The smallest absolute Gasteiger partial charge is 0.190 e. The maximum atomic E-state index is 12.5. The third kappa shape index (κ3) is 3.20. The number of aromatic nitrogens is 1. The van der Waals surface area contributed by atoms with Crippen LogP contribution in [0.3, 0.4) is 0 Å². The highest BCUT2D eigenvalue weighted by Crippen LogP contribution is 2.30. The van der Waals surface area contributed by atoms with Gasteiger partial charge >= 0.3 is 0 Å². The van der Waals surface area contributed by atoms with Crippen LogP contribution in [0.4, 0.5) is 5.69 Å². The molecule has 2 heterocycles. The summed E-state index contributed by atoms with van der Waals surface area (Å²) in [5.41, 5.74) is 5.57. The number of nitrogens with zero attached hydrogens (tertiary/aromatic N) is 2. The van der Waals surface area contributed by atoms with Gasteiger partial charge in [0, 0.05) is 41.6 Å².